The zero-order valence-corrected chi connectivity index (χ0v) is 8.79. The Morgan fingerprint density at radius 2 is 2.38 bits per heavy atom. The molecule has 1 aromatic rings. The van der Waals surface area contributed by atoms with Gasteiger partial charge in [0.05, 0.1) is 0 Å². The first-order valence-corrected chi connectivity index (χ1v) is 5.64. The molecule has 1 heterocycles. The molecule has 13 heavy (non-hydrogen) atoms. The monoisotopic (exact) mass is 196 g/mol. The Hall–Kier alpha value is -0.540. The first-order valence-electron chi connectivity index (χ1n) is 4.76. The molecule has 0 spiro atoms. The van der Waals surface area contributed by atoms with Gasteiger partial charge in [0.15, 0.2) is 0 Å². The Morgan fingerprint density at radius 3 is 2.85 bits per heavy atom. The summed E-state index contributed by atoms with van der Waals surface area (Å²) in [7, 11) is 0. The smallest absolute Gasteiger partial charge is 0.0468 e. The van der Waals surface area contributed by atoms with Gasteiger partial charge in [-0.25, -0.2) is 0 Å². The average Bonchev–Trinajstić information content (AvgIpc) is 2.44. The summed E-state index contributed by atoms with van der Waals surface area (Å²) in [6, 6.07) is 1.98. The summed E-state index contributed by atoms with van der Waals surface area (Å²) in [6.45, 7) is 3.22. The van der Waals surface area contributed by atoms with Crippen molar-refractivity contribution < 1.29 is 0 Å². The Morgan fingerprint density at radius 1 is 1.62 bits per heavy atom. The first kappa shape index (κ1) is 9.03. The van der Waals surface area contributed by atoms with Gasteiger partial charge in [0.1, 0.15) is 0 Å². The predicted octanol–water partition coefficient (Wildman–Crippen LogP) is 2.36. The highest BCUT2D eigenvalue weighted by atomic mass is 32.1. The van der Waals surface area contributed by atoms with E-state index in [0.29, 0.717) is 5.54 Å². The van der Waals surface area contributed by atoms with Gasteiger partial charge in [-0.05, 0) is 37.6 Å². The third-order valence-electron chi connectivity index (χ3n) is 2.91. The second-order valence-corrected chi connectivity index (χ2v) is 5.07. The van der Waals surface area contributed by atoms with Crippen LogP contribution in [0.5, 0.6) is 0 Å². The van der Waals surface area contributed by atoms with Gasteiger partial charge >= 0.3 is 0 Å². The number of thiophene rings is 1. The number of hydrogen-bond acceptors (Lipinski definition) is 3. The molecular formula is C10H16N2S. The second kappa shape index (κ2) is 3.31. The molecule has 1 aliphatic rings. The Kier molecular flexibility index (Phi) is 2.30. The average molecular weight is 196 g/mol. The third-order valence-corrected chi connectivity index (χ3v) is 3.85. The molecule has 0 amide bonds. The lowest BCUT2D eigenvalue weighted by Gasteiger charge is -2.39. The molecular weight excluding hydrogens is 180 g/mol. The van der Waals surface area contributed by atoms with Crippen molar-refractivity contribution in [1.82, 2.24) is 5.32 Å². The van der Waals surface area contributed by atoms with Crippen molar-refractivity contribution in [2.45, 2.75) is 38.3 Å². The molecule has 1 aliphatic carbocycles. The zero-order valence-electron chi connectivity index (χ0n) is 7.97. The second-order valence-electron chi connectivity index (χ2n) is 4.07. The van der Waals surface area contributed by atoms with Crippen LogP contribution in [-0.4, -0.2) is 5.54 Å². The number of rotatable bonds is 3. The molecule has 2 rings (SSSR count). The highest BCUT2D eigenvalue weighted by Gasteiger charge is 2.30. The van der Waals surface area contributed by atoms with Crippen LogP contribution in [-0.2, 0) is 6.54 Å². The molecule has 3 N–H and O–H groups in total. The van der Waals surface area contributed by atoms with Gasteiger partial charge in [-0.15, -0.1) is 11.3 Å². The van der Waals surface area contributed by atoms with Crippen LogP contribution >= 0.6 is 11.3 Å². The van der Waals surface area contributed by atoms with Crippen LogP contribution in [0.4, 0.5) is 5.69 Å². The van der Waals surface area contributed by atoms with Crippen LogP contribution in [0.1, 0.15) is 31.1 Å². The van der Waals surface area contributed by atoms with Crippen LogP contribution in [0, 0.1) is 0 Å². The fourth-order valence-corrected chi connectivity index (χ4v) is 2.41. The van der Waals surface area contributed by atoms with Gasteiger partial charge in [0.25, 0.3) is 0 Å². The lowest BCUT2D eigenvalue weighted by molar-refractivity contribution is 0.207. The van der Waals surface area contributed by atoms with E-state index < -0.39 is 0 Å². The molecule has 72 valence electrons. The molecule has 0 aromatic carbocycles. The van der Waals surface area contributed by atoms with Gasteiger partial charge < -0.3 is 11.1 Å². The number of anilines is 1. The molecule has 0 bridgehead atoms. The summed E-state index contributed by atoms with van der Waals surface area (Å²) in [5.41, 5.74) is 7.12. The highest BCUT2D eigenvalue weighted by Crippen LogP contribution is 2.32. The lowest BCUT2D eigenvalue weighted by Crippen LogP contribution is -2.47. The van der Waals surface area contributed by atoms with Gasteiger partial charge in [-0.2, -0.15) is 0 Å². The molecule has 1 saturated carbocycles. The summed E-state index contributed by atoms with van der Waals surface area (Å²) < 4.78 is 0. The molecule has 0 atom stereocenters. The summed E-state index contributed by atoms with van der Waals surface area (Å²) in [6.07, 6.45) is 3.97. The van der Waals surface area contributed by atoms with E-state index in [2.05, 4.69) is 17.6 Å². The van der Waals surface area contributed by atoms with Gasteiger partial charge in [0.2, 0.25) is 0 Å². The maximum Gasteiger partial charge on any atom is 0.0468 e. The van der Waals surface area contributed by atoms with E-state index in [1.165, 1.54) is 24.1 Å². The van der Waals surface area contributed by atoms with Crippen LogP contribution in [0.2, 0.25) is 0 Å². The van der Waals surface area contributed by atoms with E-state index in [-0.39, 0.29) is 0 Å². The van der Waals surface area contributed by atoms with Gasteiger partial charge in [-0.1, -0.05) is 0 Å². The molecule has 0 aliphatic heterocycles. The van der Waals surface area contributed by atoms with E-state index in [9.17, 15) is 0 Å². The minimum absolute atomic E-state index is 0.385. The summed E-state index contributed by atoms with van der Waals surface area (Å²) in [4.78, 5) is 1.27. The zero-order chi connectivity index (χ0) is 9.31. The minimum Gasteiger partial charge on any atom is -0.398 e. The van der Waals surface area contributed by atoms with Crippen LogP contribution < -0.4 is 11.1 Å². The van der Waals surface area contributed by atoms with Crippen molar-refractivity contribution in [3.63, 3.8) is 0 Å². The predicted molar refractivity (Wildman–Crippen MR) is 57.8 cm³/mol. The SMILES string of the molecule is CC1(NCc2sccc2N)CCC1. The van der Waals surface area contributed by atoms with E-state index in [4.69, 9.17) is 5.73 Å². The first-order chi connectivity index (χ1) is 6.20. The maximum atomic E-state index is 5.80. The molecule has 1 aromatic heterocycles. The standard InChI is InChI=1S/C10H16N2S/c1-10(4-2-5-10)12-7-9-8(11)3-6-13-9/h3,6,12H,2,4-5,7,11H2,1H3. The van der Waals surface area contributed by atoms with Gasteiger partial charge in [-0.3, -0.25) is 0 Å². The minimum atomic E-state index is 0.385. The van der Waals surface area contributed by atoms with Crippen molar-refractivity contribution in [2.24, 2.45) is 0 Å². The lowest BCUT2D eigenvalue weighted by atomic mass is 9.78. The summed E-state index contributed by atoms with van der Waals surface area (Å²) in [5.74, 6) is 0. The summed E-state index contributed by atoms with van der Waals surface area (Å²) in [5, 5.41) is 5.62. The van der Waals surface area contributed by atoms with E-state index >= 15 is 0 Å². The van der Waals surface area contributed by atoms with Crippen LogP contribution in [0.3, 0.4) is 0 Å². The van der Waals surface area contributed by atoms with Crippen LogP contribution in [0.25, 0.3) is 0 Å². The third kappa shape index (κ3) is 1.86. The molecule has 0 saturated heterocycles. The van der Waals surface area contributed by atoms with E-state index in [1.54, 1.807) is 11.3 Å². The van der Waals surface area contributed by atoms with Crippen molar-refractivity contribution >= 4 is 17.0 Å². The topological polar surface area (TPSA) is 38.0 Å². The van der Waals surface area contributed by atoms with Crippen LogP contribution in [0.15, 0.2) is 11.4 Å². The largest absolute Gasteiger partial charge is 0.398 e. The van der Waals surface area contributed by atoms with Crippen molar-refractivity contribution in [1.29, 1.82) is 0 Å². The molecule has 1 fully saturated rings. The van der Waals surface area contributed by atoms with E-state index in [0.717, 1.165) is 12.2 Å². The number of hydrogen-bond donors (Lipinski definition) is 2. The Bertz CT molecular complexity index is 289. The maximum absolute atomic E-state index is 5.80. The fraction of sp³-hybridized carbons (Fsp3) is 0.600. The molecule has 0 radical (unpaired) electrons. The molecule has 0 unspecified atom stereocenters. The van der Waals surface area contributed by atoms with Gasteiger partial charge in [0, 0.05) is 22.6 Å². The van der Waals surface area contributed by atoms with Crippen molar-refractivity contribution in [3.05, 3.63) is 16.3 Å². The Balaban J connectivity index is 1.89. The number of nitrogens with one attached hydrogen (secondary N) is 1. The van der Waals surface area contributed by atoms with E-state index in [1.807, 2.05) is 6.07 Å². The van der Waals surface area contributed by atoms with Crippen molar-refractivity contribution in [2.75, 3.05) is 5.73 Å². The quantitative estimate of drug-likeness (QED) is 0.779. The fourth-order valence-electron chi connectivity index (χ4n) is 1.67. The van der Waals surface area contributed by atoms with Crippen molar-refractivity contribution in [3.8, 4) is 0 Å². The molecule has 2 nitrogen and oxygen atoms in total. The normalized spacial score (nSPS) is 19.8. The summed E-state index contributed by atoms with van der Waals surface area (Å²) >= 11 is 1.74. The Labute approximate surface area is 83.1 Å². The number of nitrogen functional groups attached to an aromatic ring is 1. The highest BCUT2D eigenvalue weighted by molar-refractivity contribution is 7.10. The number of nitrogens with two attached hydrogens (primary N) is 1. The molecule has 3 heteroatoms.